The van der Waals surface area contributed by atoms with Crippen LogP contribution in [-0.4, -0.2) is 35.1 Å². The van der Waals surface area contributed by atoms with E-state index in [1.54, 1.807) is 44.4 Å². The van der Waals surface area contributed by atoms with Crippen LogP contribution >= 0.6 is 11.3 Å². The summed E-state index contributed by atoms with van der Waals surface area (Å²) >= 11 is 1.32. The fourth-order valence-corrected chi connectivity index (χ4v) is 4.52. The Morgan fingerprint density at radius 3 is 2.63 bits per heavy atom. The summed E-state index contributed by atoms with van der Waals surface area (Å²) in [7, 11) is 1.59. The molecule has 0 fully saturated rings. The number of methoxy groups -OCH3 is 1. The number of anilines is 1. The summed E-state index contributed by atoms with van der Waals surface area (Å²) < 4.78 is 17.5. The van der Waals surface area contributed by atoms with Crippen molar-refractivity contribution in [3.8, 4) is 17.2 Å². The van der Waals surface area contributed by atoms with E-state index in [1.807, 2.05) is 36.4 Å². The van der Waals surface area contributed by atoms with Crippen LogP contribution in [0.15, 0.2) is 71.1 Å². The molecule has 8 nitrogen and oxygen atoms in total. The van der Waals surface area contributed by atoms with Crippen molar-refractivity contribution in [2.75, 3.05) is 12.4 Å². The number of fused-ring (bicyclic) bond motifs is 2. The van der Waals surface area contributed by atoms with Crippen molar-refractivity contribution in [2.24, 2.45) is 0 Å². The van der Waals surface area contributed by atoms with Crippen LogP contribution < -0.4 is 10.1 Å². The minimum absolute atomic E-state index is 0.261. The number of para-hydroxylation sites is 2. The molecule has 0 aliphatic carbocycles. The van der Waals surface area contributed by atoms with E-state index in [-0.39, 0.29) is 5.56 Å². The van der Waals surface area contributed by atoms with Crippen LogP contribution in [0.3, 0.4) is 0 Å². The Morgan fingerprint density at radius 2 is 1.83 bits per heavy atom. The molecule has 5 aromatic rings. The second-order valence-electron chi connectivity index (χ2n) is 7.68. The van der Waals surface area contributed by atoms with Gasteiger partial charge in [0.15, 0.2) is 16.8 Å². The van der Waals surface area contributed by atoms with Gasteiger partial charge >= 0.3 is 5.97 Å². The highest BCUT2D eigenvalue weighted by atomic mass is 32.1. The molecule has 1 amide bonds. The summed E-state index contributed by atoms with van der Waals surface area (Å²) in [4.78, 5) is 34.9. The fourth-order valence-electron chi connectivity index (χ4n) is 3.62. The SMILES string of the molecule is CCC(OC(=O)c1ccccc1-c1nc2ccccc2o1)C(=O)Nc1nc2ccc(OC)cc2s1. The van der Waals surface area contributed by atoms with Gasteiger partial charge in [-0.3, -0.25) is 10.1 Å². The number of esters is 1. The van der Waals surface area contributed by atoms with Crippen LogP contribution in [0, 0.1) is 0 Å². The maximum atomic E-state index is 13.1. The van der Waals surface area contributed by atoms with E-state index in [9.17, 15) is 9.59 Å². The molecule has 1 atom stereocenters. The number of thiazole rings is 1. The lowest BCUT2D eigenvalue weighted by atomic mass is 10.1. The largest absolute Gasteiger partial charge is 0.497 e. The number of rotatable bonds is 7. The van der Waals surface area contributed by atoms with Crippen LogP contribution in [0.2, 0.25) is 0 Å². The third-order valence-corrected chi connectivity index (χ3v) is 6.34. The quantitative estimate of drug-likeness (QED) is 0.294. The van der Waals surface area contributed by atoms with Gasteiger partial charge in [-0.25, -0.2) is 14.8 Å². The van der Waals surface area contributed by atoms with Gasteiger partial charge in [0.25, 0.3) is 5.91 Å². The number of hydrogen-bond donors (Lipinski definition) is 1. The molecule has 0 aliphatic rings. The third-order valence-electron chi connectivity index (χ3n) is 5.41. The summed E-state index contributed by atoms with van der Waals surface area (Å²) in [5.74, 6) is -0.0803. The van der Waals surface area contributed by atoms with Crippen molar-refractivity contribution >= 4 is 49.7 Å². The number of carbonyl (C=O) groups excluding carboxylic acids is 2. The maximum absolute atomic E-state index is 13.1. The molecule has 35 heavy (non-hydrogen) atoms. The number of ether oxygens (including phenoxy) is 2. The maximum Gasteiger partial charge on any atom is 0.339 e. The Hall–Kier alpha value is -4.24. The molecule has 5 rings (SSSR count). The number of nitrogens with zero attached hydrogens (tertiary/aromatic N) is 2. The molecule has 0 aliphatic heterocycles. The molecule has 2 aromatic heterocycles. The molecule has 1 N–H and O–H groups in total. The Bertz CT molecular complexity index is 1510. The number of benzene rings is 3. The van der Waals surface area contributed by atoms with Gasteiger partial charge in [0.05, 0.1) is 28.5 Å². The third kappa shape index (κ3) is 4.58. The van der Waals surface area contributed by atoms with E-state index in [4.69, 9.17) is 13.9 Å². The monoisotopic (exact) mass is 487 g/mol. The second kappa shape index (κ2) is 9.55. The molecule has 3 aromatic carbocycles. The van der Waals surface area contributed by atoms with Crippen LogP contribution in [-0.2, 0) is 9.53 Å². The zero-order valence-electron chi connectivity index (χ0n) is 19.0. The Morgan fingerprint density at radius 1 is 1.03 bits per heavy atom. The van der Waals surface area contributed by atoms with E-state index in [2.05, 4.69) is 15.3 Å². The highest BCUT2D eigenvalue weighted by Gasteiger charge is 2.25. The Balaban J connectivity index is 1.34. The van der Waals surface area contributed by atoms with Crippen LogP contribution in [0.5, 0.6) is 5.75 Å². The van der Waals surface area contributed by atoms with Crippen LogP contribution in [0.4, 0.5) is 5.13 Å². The first-order valence-corrected chi connectivity index (χ1v) is 11.8. The van der Waals surface area contributed by atoms with Gasteiger partial charge in [-0.15, -0.1) is 0 Å². The average Bonchev–Trinajstić information content (AvgIpc) is 3.50. The van der Waals surface area contributed by atoms with E-state index >= 15 is 0 Å². The molecule has 0 spiro atoms. The number of nitrogens with one attached hydrogen (secondary N) is 1. The molecule has 2 heterocycles. The average molecular weight is 488 g/mol. The summed E-state index contributed by atoms with van der Waals surface area (Å²) in [6.45, 7) is 1.77. The van der Waals surface area contributed by atoms with Crippen molar-refractivity contribution in [1.82, 2.24) is 9.97 Å². The lowest BCUT2D eigenvalue weighted by Gasteiger charge is -2.16. The molecule has 1 unspecified atom stereocenters. The van der Waals surface area contributed by atoms with E-state index in [0.29, 0.717) is 39.9 Å². The number of aromatic nitrogens is 2. The van der Waals surface area contributed by atoms with E-state index in [1.165, 1.54) is 11.3 Å². The van der Waals surface area contributed by atoms with E-state index < -0.39 is 18.0 Å². The first-order chi connectivity index (χ1) is 17.1. The molecule has 176 valence electrons. The van der Waals surface area contributed by atoms with Gasteiger partial charge in [-0.2, -0.15) is 0 Å². The summed E-state index contributed by atoms with van der Waals surface area (Å²) in [5, 5.41) is 3.18. The van der Waals surface area contributed by atoms with Gasteiger partial charge < -0.3 is 13.9 Å². The first-order valence-electron chi connectivity index (χ1n) is 11.0. The van der Waals surface area contributed by atoms with Crippen LogP contribution in [0.1, 0.15) is 23.7 Å². The molecular weight excluding hydrogens is 466 g/mol. The highest BCUT2D eigenvalue weighted by molar-refractivity contribution is 7.22. The van der Waals surface area contributed by atoms with Gasteiger partial charge in [-0.1, -0.05) is 42.5 Å². The van der Waals surface area contributed by atoms with Gasteiger partial charge in [-0.05, 0) is 48.9 Å². The number of carbonyl (C=O) groups is 2. The van der Waals surface area contributed by atoms with Gasteiger partial charge in [0, 0.05) is 0 Å². The number of amides is 1. The lowest BCUT2D eigenvalue weighted by molar-refractivity contribution is -0.124. The van der Waals surface area contributed by atoms with Crippen molar-refractivity contribution < 1.29 is 23.5 Å². The van der Waals surface area contributed by atoms with Crippen LogP contribution in [0.25, 0.3) is 32.8 Å². The summed E-state index contributed by atoms with van der Waals surface area (Å²) in [6, 6.07) is 19.7. The van der Waals surface area contributed by atoms with E-state index in [0.717, 1.165) is 10.2 Å². The molecule has 0 bridgehead atoms. The topological polar surface area (TPSA) is 104 Å². The normalized spacial score (nSPS) is 11.9. The molecular formula is C26H21N3O5S. The van der Waals surface area contributed by atoms with Crippen molar-refractivity contribution in [1.29, 1.82) is 0 Å². The zero-order chi connectivity index (χ0) is 24.4. The summed E-state index contributed by atoms with van der Waals surface area (Å²) in [5.41, 5.74) is 2.79. The number of hydrogen-bond acceptors (Lipinski definition) is 8. The Labute approximate surface area is 204 Å². The lowest BCUT2D eigenvalue weighted by Crippen LogP contribution is -2.32. The summed E-state index contributed by atoms with van der Waals surface area (Å²) in [6.07, 6.45) is -0.706. The minimum atomic E-state index is -0.999. The van der Waals surface area contributed by atoms with Crippen molar-refractivity contribution in [2.45, 2.75) is 19.4 Å². The molecule has 0 saturated carbocycles. The highest BCUT2D eigenvalue weighted by Crippen LogP contribution is 2.30. The standard InChI is InChI=1S/C26H21N3O5S/c1-3-20(23(30)29-26-28-19-13-12-15(32-2)14-22(19)35-26)34-25(31)17-9-5-4-8-16(17)24-27-18-10-6-7-11-21(18)33-24/h4-14,20H,3H2,1-2H3,(H,28,29,30). The van der Waals surface area contributed by atoms with Crippen molar-refractivity contribution in [3.05, 3.63) is 72.3 Å². The molecule has 9 heteroatoms. The van der Waals surface area contributed by atoms with Gasteiger partial charge in [0.1, 0.15) is 11.3 Å². The molecule has 0 saturated heterocycles. The van der Waals surface area contributed by atoms with Gasteiger partial charge in [0.2, 0.25) is 5.89 Å². The molecule has 0 radical (unpaired) electrons. The second-order valence-corrected chi connectivity index (χ2v) is 8.71. The number of oxazole rings is 1. The first kappa shape index (κ1) is 22.5. The fraction of sp³-hybridized carbons (Fsp3) is 0.154. The Kier molecular flexibility index (Phi) is 6.15. The predicted molar refractivity (Wildman–Crippen MR) is 134 cm³/mol. The smallest absolute Gasteiger partial charge is 0.339 e. The minimum Gasteiger partial charge on any atom is -0.497 e. The predicted octanol–water partition coefficient (Wildman–Crippen LogP) is 5.69. The van der Waals surface area contributed by atoms with Crippen molar-refractivity contribution in [3.63, 3.8) is 0 Å². The zero-order valence-corrected chi connectivity index (χ0v) is 19.8.